The van der Waals surface area contributed by atoms with Crippen LogP contribution in [0.25, 0.3) is 0 Å². The zero-order valence-electron chi connectivity index (χ0n) is 17.2. The van der Waals surface area contributed by atoms with Gasteiger partial charge < -0.3 is 10.2 Å². The molecule has 5 nitrogen and oxygen atoms in total. The molecular formula is C24H27N3O2. The van der Waals surface area contributed by atoms with Gasteiger partial charge in [0.25, 0.3) is 11.8 Å². The van der Waals surface area contributed by atoms with Crippen LogP contribution >= 0.6 is 0 Å². The van der Waals surface area contributed by atoms with Crippen LogP contribution in [-0.4, -0.2) is 41.2 Å². The summed E-state index contributed by atoms with van der Waals surface area (Å²) in [5.41, 5.74) is 2.71. The molecule has 150 valence electrons. The van der Waals surface area contributed by atoms with Gasteiger partial charge >= 0.3 is 0 Å². The van der Waals surface area contributed by atoms with Gasteiger partial charge in [0.05, 0.1) is 0 Å². The highest BCUT2D eigenvalue weighted by molar-refractivity contribution is 6.46. The number of hydrogen-bond acceptors (Lipinski definition) is 3. The number of rotatable bonds is 2. The molecule has 0 aromatic heterocycles. The number of amides is 2. The maximum atomic E-state index is 12.9. The Balaban J connectivity index is 1.45. The fraction of sp³-hybridized carbons (Fsp3) is 0.375. The van der Waals surface area contributed by atoms with Crippen LogP contribution < -0.4 is 5.32 Å². The Kier molecular flexibility index (Phi) is 4.77. The average Bonchev–Trinajstić information content (AvgIpc) is 3.04. The first-order valence-electron chi connectivity index (χ1n) is 10.2. The summed E-state index contributed by atoms with van der Waals surface area (Å²) >= 11 is 0. The Morgan fingerprint density at radius 3 is 2.21 bits per heavy atom. The van der Waals surface area contributed by atoms with E-state index in [0.717, 1.165) is 5.56 Å². The van der Waals surface area contributed by atoms with Crippen molar-refractivity contribution in [3.05, 3.63) is 71.3 Å². The summed E-state index contributed by atoms with van der Waals surface area (Å²) in [5, 5.41) is 3.06. The van der Waals surface area contributed by atoms with E-state index >= 15 is 0 Å². The number of hydrogen-bond donors (Lipinski definition) is 1. The van der Waals surface area contributed by atoms with Crippen LogP contribution in [0, 0.1) is 0 Å². The van der Waals surface area contributed by atoms with E-state index in [2.05, 4.69) is 26.1 Å². The van der Waals surface area contributed by atoms with Crippen molar-refractivity contribution in [2.75, 3.05) is 13.1 Å². The lowest BCUT2D eigenvalue weighted by Crippen LogP contribution is -2.52. The van der Waals surface area contributed by atoms with Crippen LogP contribution in [-0.2, 0) is 10.2 Å². The topological polar surface area (TPSA) is 61.8 Å². The summed E-state index contributed by atoms with van der Waals surface area (Å²) in [7, 11) is 0. The van der Waals surface area contributed by atoms with E-state index in [4.69, 9.17) is 4.99 Å². The van der Waals surface area contributed by atoms with Gasteiger partial charge in [-0.3, -0.25) is 14.6 Å². The SMILES string of the molecule is CC(C)(C)c1ccc(C(=O)N2CCC3(CC2)N=C(c2ccccc2)C(=O)N3)cc1. The van der Waals surface area contributed by atoms with E-state index in [1.807, 2.05) is 59.5 Å². The van der Waals surface area contributed by atoms with E-state index < -0.39 is 5.66 Å². The molecule has 5 heteroatoms. The molecule has 4 rings (SSSR count). The molecule has 0 aliphatic carbocycles. The van der Waals surface area contributed by atoms with Gasteiger partial charge in [-0.15, -0.1) is 0 Å². The molecular weight excluding hydrogens is 362 g/mol. The van der Waals surface area contributed by atoms with Crippen molar-refractivity contribution in [2.24, 2.45) is 4.99 Å². The third kappa shape index (κ3) is 3.82. The number of piperidine rings is 1. The first-order chi connectivity index (χ1) is 13.8. The van der Waals surface area contributed by atoms with Gasteiger partial charge in [0, 0.05) is 37.1 Å². The van der Waals surface area contributed by atoms with Crippen molar-refractivity contribution in [2.45, 2.75) is 44.7 Å². The molecule has 2 amide bonds. The van der Waals surface area contributed by atoms with Crippen molar-refractivity contribution in [3.8, 4) is 0 Å². The summed E-state index contributed by atoms with van der Waals surface area (Å²) < 4.78 is 0. The first kappa shape index (κ1) is 19.4. The van der Waals surface area contributed by atoms with Crippen LogP contribution in [0.5, 0.6) is 0 Å². The minimum absolute atomic E-state index is 0.0388. The molecule has 0 radical (unpaired) electrons. The molecule has 1 spiro atoms. The van der Waals surface area contributed by atoms with E-state index in [1.165, 1.54) is 5.56 Å². The molecule has 1 N–H and O–H groups in total. The summed E-state index contributed by atoms with van der Waals surface area (Å²) in [4.78, 5) is 32.0. The number of likely N-dealkylation sites (tertiary alicyclic amines) is 1. The molecule has 0 unspecified atom stereocenters. The van der Waals surface area contributed by atoms with E-state index in [0.29, 0.717) is 37.2 Å². The zero-order chi connectivity index (χ0) is 20.6. The molecule has 0 atom stereocenters. The fourth-order valence-electron chi connectivity index (χ4n) is 3.97. The molecule has 2 aliphatic heterocycles. The normalized spacial score (nSPS) is 18.5. The second-order valence-corrected chi connectivity index (χ2v) is 8.93. The van der Waals surface area contributed by atoms with Gasteiger partial charge in [0.2, 0.25) is 0 Å². The molecule has 2 heterocycles. The lowest BCUT2D eigenvalue weighted by molar-refractivity contribution is -0.115. The standard InChI is InChI=1S/C24H27N3O2/c1-23(2,3)19-11-9-18(10-12-19)22(29)27-15-13-24(14-16-27)25-20(21(28)26-24)17-7-5-4-6-8-17/h4-12H,13-16H2,1-3H3,(H,26,28). The predicted molar refractivity (Wildman–Crippen MR) is 114 cm³/mol. The highest BCUT2D eigenvalue weighted by Gasteiger charge is 2.42. The van der Waals surface area contributed by atoms with Crippen molar-refractivity contribution >= 4 is 17.5 Å². The average molecular weight is 389 g/mol. The van der Waals surface area contributed by atoms with Crippen LogP contribution in [0.15, 0.2) is 59.6 Å². The highest BCUT2D eigenvalue weighted by atomic mass is 16.2. The number of nitrogens with one attached hydrogen (secondary N) is 1. The summed E-state index contributed by atoms with van der Waals surface area (Å²) in [6.07, 6.45) is 1.25. The third-order valence-corrected chi connectivity index (χ3v) is 5.81. The maximum Gasteiger partial charge on any atom is 0.272 e. The third-order valence-electron chi connectivity index (χ3n) is 5.81. The number of carbonyl (C=O) groups excluding carboxylic acids is 2. The smallest absolute Gasteiger partial charge is 0.272 e. The Bertz CT molecular complexity index is 948. The molecule has 1 saturated heterocycles. The molecule has 2 aromatic rings. The summed E-state index contributed by atoms with van der Waals surface area (Å²) in [6, 6.07) is 17.4. The van der Waals surface area contributed by atoms with Gasteiger partial charge in [-0.2, -0.15) is 0 Å². The lowest BCUT2D eigenvalue weighted by atomic mass is 9.86. The Hall–Kier alpha value is -2.95. The van der Waals surface area contributed by atoms with Crippen molar-refractivity contribution in [3.63, 3.8) is 0 Å². The minimum Gasteiger partial charge on any atom is -0.338 e. The van der Waals surface area contributed by atoms with Crippen LogP contribution in [0.3, 0.4) is 0 Å². The number of nitrogens with zero attached hydrogens (tertiary/aromatic N) is 2. The number of aliphatic imine (C=N–C) groups is 1. The van der Waals surface area contributed by atoms with Crippen LogP contribution in [0.2, 0.25) is 0 Å². The molecule has 1 fully saturated rings. The Morgan fingerprint density at radius 2 is 1.62 bits per heavy atom. The largest absolute Gasteiger partial charge is 0.338 e. The molecule has 0 bridgehead atoms. The number of carbonyl (C=O) groups is 2. The molecule has 0 saturated carbocycles. The quantitative estimate of drug-likeness (QED) is 0.854. The van der Waals surface area contributed by atoms with E-state index in [9.17, 15) is 9.59 Å². The molecule has 2 aromatic carbocycles. The molecule has 29 heavy (non-hydrogen) atoms. The van der Waals surface area contributed by atoms with Gasteiger partial charge in [-0.1, -0.05) is 63.2 Å². The monoisotopic (exact) mass is 389 g/mol. The van der Waals surface area contributed by atoms with Crippen molar-refractivity contribution in [1.82, 2.24) is 10.2 Å². The van der Waals surface area contributed by atoms with Gasteiger partial charge in [0.15, 0.2) is 0 Å². The second kappa shape index (κ2) is 7.14. The van der Waals surface area contributed by atoms with Gasteiger partial charge in [0.1, 0.15) is 11.4 Å². The van der Waals surface area contributed by atoms with Gasteiger partial charge in [-0.05, 0) is 23.1 Å². The predicted octanol–water partition coefficient (Wildman–Crippen LogP) is 3.54. The van der Waals surface area contributed by atoms with Gasteiger partial charge in [-0.25, -0.2) is 0 Å². The lowest BCUT2D eigenvalue weighted by Gasteiger charge is -2.37. The zero-order valence-corrected chi connectivity index (χ0v) is 17.2. The summed E-state index contributed by atoms with van der Waals surface area (Å²) in [6.45, 7) is 7.63. The summed E-state index contributed by atoms with van der Waals surface area (Å²) in [5.74, 6) is -0.0920. The molecule has 2 aliphatic rings. The number of benzene rings is 2. The van der Waals surface area contributed by atoms with Crippen LogP contribution in [0.1, 0.15) is 55.1 Å². The first-order valence-corrected chi connectivity index (χ1v) is 10.2. The van der Waals surface area contributed by atoms with Crippen LogP contribution in [0.4, 0.5) is 0 Å². The fourth-order valence-corrected chi connectivity index (χ4v) is 3.97. The minimum atomic E-state index is -0.588. The Morgan fingerprint density at radius 1 is 1.00 bits per heavy atom. The van der Waals surface area contributed by atoms with Crippen molar-refractivity contribution in [1.29, 1.82) is 0 Å². The second-order valence-electron chi connectivity index (χ2n) is 8.93. The Labute approximate surface area is 171 Å². The van der Waals surface area contributed by atoms with E-state index in [1.54, 1.807) is 0 Å². The maximum absolute atomic E-state index is 12.9. The van der Waals surface area contributed by atoms with E-state index in [-0.39, 0.29) is 17.2 Å². The van der Waals surface area contributed by atoms with Crippen molar-refractivity contribution < 1.29 is 9.59 Å². The highest BCUT2D eigenvalue weighted by Crippen LogP contribution is 2.30.